The highest BCUT2D eigenvalue weighted by Gasteiger charge is 2.08. The summed E-state index contributed by atoms with van der Waals surface area (Å²) in [5, 5.41) is 1.24. The maximum absolute atomic E-state index is 5.47. The molecule has 0 aromatic rings. The molecule has 0 amide bonds. The van der Waals surface area contributed by atoms with Gasteiger partial charge < -0.3 is 5.73 Å². The lowest BCUT2D eigenvalue weighted by Gasteiger charge is -2.27. The fourth-order valence-corrected chi connectivity index (χ4v) is 0.727. The summed E-state index contributed by atoms with van der Waals surface area (Å²) in [6, 6.07) is 0. The van der Waals surface area contributed by atoms with Crippen molar-refractivity contribution in [1.29, 1.82) is 0 Å². The Morgan fingerprint density at radius 3 is 2.89 bits per heavy atom. The van der Waals surface area contributed by atoms with Gasteiger partial charge in [-0.3, -0.25) is 5.43 Å². The molecule has 6 N–H and O–H groups in total. The smallest absolute Gasteiger partial charge is 0.0922 e. The van der Waals surface area contributed by atoms with Gasteiger partial charge in [-0.15, -0.1) is 0 Å². The van der Waals surface area contributed by atoms with Crippen LogP contribution in [0.5, 0.6) is 0 Å². The SMILES string of the molecule is CC1=CC(N)NN(N)N1. The number of hydrogen-bond acceptors (Lipinski definition) is 5. The average molecular weight is 129 g/mol. The molecule has 0 spiro atoms. The largest absolute Gasteiger partial charge is 0.311 e. The molecule has 0 saturated heterocycles. The predicted molar refractivity (Wildman–Crippen MR) is 34.0 cm³/mol. The second-order valence-corrected chi connectivity index (χ2v) is 1.99. The van der Waals surface area contributed by atoms with Crippen LogP contribution >= 0.6 is 0 Å². The highest BCUT2D eigenvalue weighted by molar-refractivity contribution is 5.01. The fourth-order valence-electron chi connectivity index (χ4n) is 0.727. The first-order chi connectivity index (χ1) is 4.18. The minimum Gasteiger partial charge on any atom is -0.311 e. The highest BCUT2D eigenvalue weighted by atomic mass is 15.9. The molecule has 1 unspecified atom stereocenters. The summed E-state index contributed by atoms with van der Waals surface area (Å²) in [7, 11) is 0. The lowest BCUT2D eigenvalue weighted by molar-refractivity contribution is 0.107. The Bertz CT molecular complexity index is 131. The zero-order valence-electron chi connectivity index (χ0n) is 5.26. The lowest BCUT2D eigenvalue weighted by Crippen LogP contribution is -2.60. The van der Waals surface area contributed by atoms with E-state index in [0.717, 1.165) is 5.70 Å². The summed E-state index contributed by atoms with van der Waals surface area (Å²) in [6.07, 6.45) is 1.65. The van der Waals surface area contributed by atoms with E-state index >= 15 is 0 Å². The van der Waals surface area contributed by atoms with Gasteiger partial charge in [0.25, 0.3) is 0 Å². The third-order valence-electron chi connectivity index (χ3n) is 1.01. The van der Waals surface area contributed by atoms with E-state index in [1.54, 1.807) is 0 Å². The van der Waals surface area contributed by atoms with Crippen LogP contribution in [0.4, 0.5) is 0 Å². The molecule has 52 valence electrons. The summed E-state index contributed by atoms with van der Waals surface area (Å²) >= 11 is 0. The highest BCUT2D eigenvalue weighted by Crippen LogP contribution is 1.92. The Balaban J connectivity index is 2.56. The first-order valence-corrected chi connectivity index (χ1v) is 2.70. The van der Waals surface area contributed by atoms with Crippen LogP contribution in [0.2, 0.25) is 0 Å². The van der Waals surface area contributed by atoms with Crippen molar-refractivity contribution in [3.63, 3.8) is 0 Å². The second-order valence-electron chi connectivity index (χ2n) is 1.99. The summed E-state index contributed by atoms with van der Waals surface area (Å²) in [5.41, 5.74) is 11.9. The van der Waals surface area contributed by atoms with Crippen LogP contribution in [0, 0.1) is 0 Å². The van der Waals surface area contributed by atoms with Crippen molar-refractivity contribution in [3.05, 3.63) is 11.8 Å². The number of nitrogens with zero attached hydrogens (tertiary/aromatic N) is 1. The number of rotatable bonds is 0. The Kier molecular flexibility index (Phi) is 1.68. The van der Waals surface area contributed by atoms with Crippen molar-refractivity contribution in [2.45, 2.75) is 13.1 Å². The molecular weight excluding hydrogens is 118 g/mol. The van der Waals surface area contributed by atoms with E-state index in [1.807, 2.05) is 13.0 Å². The van der Waals surface area contributed by atoms with Gasteiger partial charge in [0.05, 0.1) is 6.17 Å². The Morgan fingerprint density at radius 1 is 1.78 bits per heavy atom. The first kappa shape index (κ1) is 6.50. The topological polar surface area (TPSA) is 79.3 Å². The van der Waals surface area contributed by atoms with Crippen LogP contribution in [-0.4, -0.2) is 11.4 Å². The van der Waals surface area contributed by atoms with E-state index in [9.17, 15) is 0 Å². The quantitative estimate of drug-likeness (QED) is 0.295. The van der Waals surface area contributed by atoms with Gasteiger partial charge in [-0.1, -0.05) is 5.23 Å². The van der Waals surface area contributed by atoms with Crippen molar-refractivity contribution < 1.29 is 0 Å². The van der Waals surface area contributed by atoms with Gasteiger partial charge in [-0.2, -0.15) is 0 Å². The van der Waals surface area contributed by atoms with Crippen molar-refractivity contribution in [3.8, 4) is 0 Å². The van der Waals surface area contributed by atoms with E-state index in [0.29, 0.717) is 0 Å². The van der Waals surface area contributed by atoms with Crippen LogP contribution in [0.25, 0.3) is 0 Å². The number of nitrogens with two attached hydrogens (primary N) is 2. The number of allylic oxidation sites excluding steroid dienone is 1. The van der Waals surface area contributed by atoms with Gasteiger partial charge in [-0.05, 0) is 13.0 Å². The van der Waals surface area contributed by atoms with Gasteiger partial charge in [0.2, 0.25) is 0 Å². The molecule has 0 aromatic carbocycles. The van der Waals surface area contributed by atoms with E-state index in [4.69, 9.17) is 11.6 Å². The van der Waals surface area contributed by atoms with E-state index in [1.165, 1.54) is 5.23 Å². The molecule has 5 nitrogen and oxygen atoms in total. The molecule has 0 aromatic heterocycles. The molecule has 9 heavy (non-hydrogen) atoms. The lowest BCUT2D eigenvalue weighted by atomic mass is 10.4. The third kappa shape index (κ3) is 1.65. The van der Waals surface area contributed by atoms with E-state index in [2.05, 4.69) is 10.9 Å². The summed E-state index contributed by atoms with van der Waals surface area (Å²) in [6.45, 7) is 1.89. The minimum atomic E-state index is -0.184. The minimum absolute atomic E-state index is 0.184. The van der Waals surface area contributed by atoms with Gasteiger partial charge in [-0.25, -0.2) is 11.3 Å². The first-order valence-electron chi connectivity index (χ1n) is 2.70. The van der Waals surface area contributed by atoms with Gasteiger partial charge >= 0.3 is 0 Å². The van der Waals surface area contributed by atoms with E-state index in [-0.39, 0.29) is 6.17 Å². The second kappa shape index (κ2) is 2.32. The summed E-state index contributed by atoms with van der Waals surface area (Å²) in [5.74, 6) is 5.31. The standard InChI is InChI=1S/C4H11N5/c1-3-2-4(5)8-9(6)7-3/h2,4,7-8H,5-6H2,1H3. The molecule has 5 heteroatoms. The molecule has 1 heterocycles. The number of hydrazine groups is 3. The molecule has 1 aliphatic rings. The molecule has 0 bridgehead atoms. The van der Waals surface area contributed by atoms with Crippen LogP contribution in [0.3, 0.4) is 0 Å². The summed E-state index contributed by atoms with van der Waals surface area (Å²) in [4.78, 5) is 0. The Morgan fingerprint density at radius 2 is 2.44 bits per heavy atom. The molecule has 1 rings (SSSR count). The third-order valence-corrected chi connectivity index (χ3v) is 1.01. The maximum Gasteiger partial charge on any atom is 0.0922 e. The molecule has 1 atom stereocenters. The molecule has 0 saturated carbocycles. The van der Waals surface area contributed by atoms with Gasteiger partial charge in [0.15, 0.2) is 0 Å². The molecule has 1 aliphatic heterocycles. The predicted octanol–water partition coefficient (Wildman–Crippen LogP) is -1.63. The molecule has 0 fully saturated rings. The van der Waals surface area contributed by atoms with Crippen LogP contribution < -0.4 is 22.4 Å². The van der Waals surface area contributed by atoms with Crippen molar-refractivity contribution in [1.82, 2.24) is 16.1 Å². The fraction of sp³-hybridized carbons (Fsp3) is 0.500. The average Bonchev–Trinajstić information content (AvgIpc) is 1.59. The normalized spacial score (nSPS) is 29.2. The zero-order valence-corrected chi connectivity index (χ0v) is 5.26. The number of hydrogen-bond donors (Lipinski definition) is 4. The summed E-state index contributed by atoms with van der Waals surface area (Å²) < 4.78 is 0. The molecule has 0 radical (unpaired) electrons. The van der Waals surface area contributed by atoms with Crippen LogP contribution in [-0.2, 0) is 0 Å². The van der Waals surface area contributed by atoms with Crippen LogP contribution in [0.1, 0.15) is 6.92 Å². The Hall–Kier alpha value is -0.620. The molecular formula is C4H11N5. The van der Waals surface area contributed by atoms with Crippen molar-refractivity contribution >= 4 is 0 Å². The molecule has 0 aliphatic carbocycles. The van der Waals surface area contributed by atoms with Crippen molar-refractivity contribution in [2.75, 3.05) is 0 Å². The monoisotopic (exact) mass is 129 g/mol. The maximum atomic E-state index is 5.47. The van der Waals surface area contributed by atoms with Gasteiger partial charge in [0, 0.05) is 5.70 Å². The van der Waals surface area contributed by atoms with Crippen molar-refractivity contribution in [2.24, 2.45) is 11.6 Å². The van der Waals surface area contributed by atoms with E-state index < -0.39 is 0 Å². The number of nitrogens with one attached hydrogen (secondary N) is 2. The Labute approximate surface area is 53.6 Å². The zero-order chi connectivity index (χ0) is 6.85. The van der Waals surface area contributed by atoms with Crippen LogP contribution in [0.15, 0.2) is 11.8 Å². The van der Waals surface area contributed by atoms with Gasteiger partial charge in [0.1, 0.15) is 0 Å².